The lowest BCUT2D eigenvalue weighted by atomic mass is 9.82. The number of hydrogen-bond acceptors (Lipinski definition) is 7. The van der Waals surface area contributed by atoms with Gasteiger partial charge in [0.2, 0.25) is 0 Å². The van der Waals surface area contributed by atoms with Crippen molar-refractivity contribution in [1.82, 2.24) is 9.47 Å². The predicted octanol–water partition coefficient (Wildman–Crippen LogP) is 6.59. The van der Waals surface area contributed by atoms with Gasteiger partial charge in [-0.25, -0.2) is 0 Å². The van der Waals surface area contributed by atoms with Crippen LogP contribution in [0.1, 0.15) is 37.5 Å². The fraction of sp³-hybridized carbons (Fsp3) is 0.158. The van der Waals surface area contributed by atoms with E-state index in [1.807, 2.05) is 49.4 Å². The number of amides is 1. The van der Waals surface area contributed by atoms with Crippen LogP contribution in [0.25, 0.3) is 22.1 Å². The maximum Gasteiger partial charge on any atom is 0.323 e. The number of aliphatic carboxylic acids is 1. The van der Waals surface area contributed by atoms with E-state index in [9.17, 15) is 19.5 Å². The van der Waals surface area contributed by atoms with Crippen molar-refractivity contribution < 1.29 is 14.7 Å². The van der Waals surface area contributed by atoms with Crippen LogP contribution in [0.2, 0.25) is 0 Å². The summed E-state index contributed by atoms with van der Waals surface area (Å²) in [6.07, 6.45) is 1.74. The van der Waals surface area contributed by atoms with Crippen LogP contribution in [-0.2, 0) is 21.5 Å². The Morgan fingerprint density at radius 1 is 0.875 bits per heavy atom. The SMILES string of the molecule is CCN1C(=O)C(=c2sc(=Cc3ccc(N(c4ccccc4)c4ccc5c(c4)C(C)(C)c4ccccc4-5)cc3)c(=O)n2CC(=O)O)SC1=S. The molecule has 1 aromatic heterocycles. The minimum absolute atomic E-state index is 0.143. The van der Waals surface area contributed by atoms with Gasteiger partial charge in [-0.3, -0.25) is 23.9 Å². The molecular formula is C38H31N3O4S3. The van der Waals surface area contributed by atoms with Gasteiger partial charge in [-0.1, -0.05) is 98.5 Å². The van der Waals surface area contributed by atoms with Crippen molar-refractivity contribution in [2.45, 2.75) is 32.7 Å². The number of hydrogen-bond donors (Lipinski definition) is 1. The summed E-state index contributed by atoms with van der Waals surface area (Å²) < 4.78 is 2.18. The van der Waals surface area contributed by atoms with Crippen LogP contribution in [0.5, 0.6) is 0 Å². The van der Waals surface area contributed by atoms with Gasteiger partial charge in [-0.2, -0.15) is 0 Å². The summed E-state index contributed by atoms with van der Waals surface area (Å²) in [5, 5.41) is 9.56. The fourth-order valence-electron chi connectivity index (χ4n) is 6.49. The molecule has 10 heteroatoms. The summed E-state index contributed by atoms with van der Waals surface area (Å²) in [6.45, 7) is 6.20. The van der Waals surface area contributed by atoms with Gasteiger partial charge >= 0.3 is 5.97 Å². The quantitative estimate of drug-likeness (QED) is 0.193. The number of carboxylic acids is 1. The number of thioether (sulfide) groups is 1. The second-order valence-electron chi connectivity index (χ2n) is 12.1. The van der Waals surface area contributed by atoms with E-state index >= 15 is 0 Å². The Balaban J connectivity index is 1.30. The lowest BCUT2D eigenvalue weighted by Crippen LogP contribution is -2.35. The van der Waals surface area contributed by atoms with E-state index in [0.717, 1.165) is 50.3 Å². The van der Waals surface area contributed by atoms with Crippen molar-refractivity contribution in [2.24, 2.45) is 0 Å². The van der Waals surface area contributed by atoms with E-state index in [-0.39, 0.29) is 16.2 Å². The number of carbonyl (C=O) groups is 2. The molecule has 7 rings (SSSR count). The first-order valence-electron chi connectivity index (χ1n) is 15.5. The molecule has 1 saturated heterocycles. The molecule has 0 saturated carbocycles. The number of carbonyl (C=O) groups excluding carboxylic acids is 1. The zero-order chi connectivity index (χ0) is 33.7. The number of anilines is 3. The number of rotatable bonds is 7. The second-order valence-corrected chi connectivity index (χ2v) is 14.8. The average molecular weight is 690 g/mol. The summed E-state index contributed by atoms with van der Waals surface area (Å²) in [6, 6.07) is 33.4. The van der Waals surface area contributed by atoms with Gasteiger partial charge in [0.15, 0.2) is 0 Å². The summed E-state index contributed by atoms with van der Waals surface area (Å²) >= 11 is 7.56. The summed E-state index contributed by atoms with van der Waals surface area (Å²) in [4.78, 5) is 42.2. The van der Waals surface area contributed by atoms with Crippen molar-refractivity contribution in [3.63, 3.8) is 0 Å². The normalized spacial score (nSPS) is 16.3. The number of nitrogens with zero attached hydrogens (tertiary/aromatic N) is 3. The lowest BCUT2D eigenvalue weighted by molar-refractivity contribution is -0.137. The number of carboxylic acid groups (broad SMARTS) is 1. The van der Waals surface area contributed by atoms with Gasteiger partial charge in [0, 0.05) is 29.0 Å². The molecule has 0 radical (unpaired) electrons. The van der Waals surface area contributed by atoms with Crippen molar-refractivity contribution in [3.05, 3.63) is 133 Å². The van der Waals surface area contributed by atoms with Crippen molar-refractivity contribution in [3.8, 4) is 11.1 Å². The van der Waals surface area contributed by atoms with Gasteiger partial charge < -0.3 is 10.0 Å². The maximum atomic E-state index is 13.5. The Hall–Kier alpha value is -4.77. The molecule has 1 aliphatic carbocycles. The van der Waals surface area contributed by atoms with Crippen molar-refractivity contribution >= 4 is 79.6 Å². The van der Waals surface area contributed by atoms with Crippen molar-refractivity contribution in [2.75, 3.05) is 11.4 Å². The van der Waals surface area contributed by atoms with Crippen LogP contribution in [0.15, 0.2) is 102 Å². The number of benzene rings is 4. The molecule has 1 N–H and O–H groups in total. The van der Waals surface area contributed by atoms with Crippen LogP contribution in [0.4, 0.5) is 17.1 Å². The highest BCUT2D eigenvalue weighted by Gasteiger charge is 2.36. The zero-order valence-corrected chi connectivity index (χ0v) is 28.9. The summed E-state index contributed by atoms with van der Waals surface area (Å²) in [5.74, 6) is -1.48. The Morgan fingerprint density at radius 3 is 2.21 bits per heavy atom. The van der Waals surface area contributed by atoms with Crippen LogP contribution in [0.3, 0.4) is 0 Å². The van der Waals surface area contributed by atoms with E-state index in [1.165, 1.54) is 27.2 Å². The Labute approximate surface area is 291 Å². The number of para-hydroxylation sites is 1. The maximum absolute atomic E-state index is 13.5. The van der Waals surface area contributed by atoms with Crippen LogP contribution >= 0.6 is 35.3 Å². The van der Waals surface area contributed by atoms with Crippen LogP contribution in [-0.4, -0.2) is 37.3 Å². The second kappa shape index (κ2) is 12.4. The molecule has 5 aromatic rings. The van der Waals surface area contributed by atoms with Gasteiger partial charge in [-0.15, -0.1) is 11.3 Å². The highest BCUT2D eigenvalue weighted by molar-refractivity contribution is 8.30. The highest BCUT2D eigenvalue weighted by Crippen LogP contribution is 2.50. The van der Waals surface area contributed by atoms with E-state index in [1.54, 1.807) is 6.08 Å². The van der Waals surface area contributed by atoms with Crippen molar-refractivity contribution in [1.29, 1.82) is 0 Å². The molecule has 1 amide bonds. The lowest BCUT2D eigenvalue weighted by Gasteiger charge is -2.28. The average Bonchev–Trinajstić information content (AvgIpc) is 3.63. The fourth-order valence-corrected chi connectivity index (χ4v) is 9.14. The molecule has 1 aliphatic heterocycles. The molecule has 1 fully saturated rings. The molecule has 48 heavy (non-hydrogen) atoms. The minimum atomic E-state index is -1.17. The Kier molecular flexibility index (Phi) is 8.19. The van der Waals surface area contributed by atoms with Gasteiger partial charge in [0.05, 0.1) is 4.53 Å². The molecular weight excluding hydrogens is 659 g/mol. The smallest absolute Gasteiger partial charge is 0.323 e. The molecule has 2 aliphatic rings. The van der Waals surface area contributed by atoms with Gasteiger partial charge in [-0.05, 0) is 77.2 Å². The first-order valence-corrected chi connectivity index (χ1v) is 17.5. The molecule has 7 nitrogen and oxygen atoms in total. The third-order valence-corrected chi connectivity index (χ3v) is 11.5. The first-order chi connectivity index (χ1) is 23.1. The Morgan fingerprint density at radius 2 is 1.52 bits per heavy atom. The van der Waals surface area contributed by atoms with E-state index in [0.29, 0.717) is 20.1 Å². The number of aromatic nitrogens is 1. The number of thiazole rings is 1. The van der Waals surface area contributed by atoms with Gasteiger partial charge in [0.25, 0.3) is 11.5 Å². The third-order valence-electron chi connectivity index (χ3n) is 8.85. The minimum Gasteiger partial charge on any atom is -0.480 e. The highest BCUT2D eigenvalue weighted by atomic mass is 32.2. The molecule has 0 spiro atoms. The van der Waals surface area contributed by atoms with Gasteiger partial charge in [0.1, 0.15) is 20.4 Å². The summed E-state index contributed by atoms with van der Waals surface area (Å²) in [7, 11) is 0. The summed E-state index contributed by atoms with van der Waals surface area (Å²) in [5.41, 5.74) is 8.27. The molecule has 240 valence electrons. The third kappa shape index (κ3) is 5.39. The van der Waals surface area contributed by atoms with Crippen LogP contribution < -0.4 is 19.7 Å². The standard InChI is InChI=1S/C38H31N3O4S3/c1-4-39-35(45)33(48-37(39)46)36-40(22-32(42)43)34(44)31(47-36)20-23-14-16-25(17-15-23)41(24-10-6-5-7-11-24)26-18-19-28-27-12-8-9-13-29(27)38(2,3)30(28)21-26/h5-21H,4,22H2,1-3H3,(H,42,43). The van der Waals surface area contributed by atoms with Crippen LogP contribution in [0, 0.1) is 0 Å². The molecule has 0 unspecified atom stereocenters. The molecule has 0 bridgehead atoms. The Bertz CT molecular complexity index is 2310. The van der Waals surface area contributed by atoms with E-state index in [2.05, 4.69) is 73.3 Å². The largest absolute Gasteiger partial charge is 0.480 e. The van der Waals surface area contributed by atoms with E-state index in [4.69, 9.17) is 12.2 Å². The zero-order valence-electron chi connectivity index (χ0n) is 26.5. The molecule has 2 heterocycles. The predicted molar refractivity (Wildman–Crippen MR) is 199 cm³/mol. The number of thiocarbonyl (C=S) groups is 1. The topological polar surface area (TPSA) is 82.9 Å². The monoisotopic (exact) mass is 689 g/mol. The molecule has 4 aromatic carbocycles. The first kappa shape index (κ1) is 31.8. The molecule has 0 atom stereocenters. The number of fused-ring (bicyclic) bond motifs is 3. The van der Waals surface area contributed by atoms with E-state index < -0.39 is 18.1 Å².